The molecule has 224 valence electrons. The van der Waals surface area contributed by atoms with Crippen molar-refractivity contribution < 1.29 is 39.0 Å². The van der Waals surface area contributed by atoms with Gasteiger partial charge < -0.3 is 25.7 Å². The van der Waals surface area contributed by atoms with Gasteiger partial charge in [0.05, 0.1) is 16.9 Å². The van der Waals surface area contributed by atoms with Gasteiger partial charge in [0.2, 0.25) is 17.7 Å². The third-order valence-electron chi connectivity index (χ3n) is 7.19. The minimum Gasteiger partial charge on any atom is -0.478 e. The van der Waals surface area contributed by atoms with E-state index in [1.165, 1.54) is 37.3 Å². The average molecular weight is 589 g/mol. The van der Waals surface area contributed by atoms with Gasteiger partial charge in [0.1, 0.15) is 6.04 Å². The standard InChI is InChI=1S/C31H32N4O8/c1-19(36)33-24(28(38)32-15-7-17-34-16-6-12-27(34)37)18-20-13-14-26(22-9-3-2-8-21(20)22)35(29(39)31(42)43)25-11-5-4-10-23(25)30(40)41/h2-5,8-11,13-14,24H,6-7,12,15-18H2,1H3,(H,32,38)(H,33,36)(H,40,41)(H,42,43). The fraction of sp³-hybridized carbons (Fsp3) is 0.290. The van der Waals surface area contributed by atoms with E-state index in [-0.39, 0.29) is 29.3 Å². The van der Waals surface area contributed by atoms with Gasteiger partial charge in [-0.2, -0.15) is 0 Å². The van der Waals surface area contributed by atoms with Crippen molar-refractivity contribution in [2.75, 3.05) is 24.5 Å². The topological polar surface area (TPSA) is 173 Å². The van der Waals surface area contributed by atoms with Gasteiger partial charge in [-0.05, 0) is 42.0 Å². The molecule has 3 aromatic carbocycles. The number of hydrogen-bond donors (Lipinski definition) is 4. The molecule has 1 heterocycles. The predicted octanol–water partition coefficient (Wildman–Crippen LogP) is 2.46. The zero-order valence-electron chi connectivity index (χ0n) is 23.5. The first-order chi connectivity index (χ1) is 20.6. The van der Waals surface area contributed by atoms with Gasteiger partial charge in [-0.15, -0.1) is 0 Å². The number of aromatic carboxylic acids is 1. The Morgan fingerprint density at radius 1 is 0.930 bits per heavy atom. The van der Waals surface area contributed by atoms with Crippen molar-refractivity contribution in [3.63, 3.8) is 0 Å². The minimum absolute atomic E-state index is 0.0788. The van der Waals surface area contributed by atoms with E-state index in [1.54, 1.807) is 35.2 Å². The molecule has 12 nitrogen and oxygen atoms in total. The monoisotopic (exact) mass is 588 g/mol. The molecule has 1 atom stereocenters. The SMILES string of the molecule is CC(=O)NC(Cc1ccc(N(C(=O)C(=O)O)c2ccccc2C(=O)O)c2ccccc12)C(=O)NCCCN1CCCC1=O. The molecule has 0 aliphatic carbocycles. The summed E-state index contributed by atoms with van der Waals surface area (Å²) in [6, 6.07) is 14.6. The van der Waals surface area contributed by atoms with E-state index in [0.717, 1.165) is 11.3 Å². The van der Waals surface area contributed by atoms with Gasteiger partial charge in [0.25, 0.3) is 0 Å². The lowest BCUT2D eigenvalue weighted by Gasteiger charge is -2.25. The van der Waals surface area contributed by atoms with E-state index in [4.69, 9.17) is 0 Å². The Morgan fingerprint density at radius 3 is 2.28 bits per heavy atom. The van der Waals surface area contributed by atoms with Crippen LogP contribution in [0.1, 0.15) is 42.1 Å². The van der Waals surface area contributed by atoms with Crippen LogP contribution >= 0.6 is 0 Å². The summed E-state index contributed by atoms with van der Waals surface area (Å²) in [5, 5.41) is 25.9. The van der Waals surface area contributed by atoms with E-state index in [1.807, 2.05) is 0 Å². The molecule has 0 saturated carbocycles. The Balaban J connectivity index is 1.65. The van der Waals surface area contributed by atoms with E-state index in [2.05, 4.69) is 10.6 Å². The first kappa shape index (κ1) is 30.7. The second-order valence-corrected chi connectivity index (χ2v) is 10.1. The van der Waals surface area contributed by atoms with Crippen LogP contribution in [-0.2, 0) is 30.4 Å². The summed E-state index contributed by atoms with van der Waals surface area (Å²) < 4.78 is 0. The number of amides is 4. The maximum Gasteiger partial charge on any atom is 0.395 e. The highest BCUT2D eigenvalue weighted by molar-refractivity contribution is 6.40. The average Bonchev–Trinajstić information content (AvgIpc) is 3.39. The molecule has 1 fully saturated rings. The molecule has 3 aromatic rings. The first-order valence-corrected chi connectivity index (χ1v) is 13.8. The molecule has 1 aliphatic rings. The number of aliphatic carboxylic acids is 1. The molecular weight excluding hydrogens is 556 g/mol. The van der Waals surface area contributed by atoms with E-state index in [0.29, 0.717) is 48.8 Å². The number of carbonyl (C=O) groups is 6. The van der Waals surface area contributed by atoms with Crippen LogP contribution in [0.5, 0.6) is 0 Å². The number of likely N-dealkylation sites (tertiary alicyclic amines) is 1. The third kappa shape index (κ3) is 7.15. The molecule has 43 heavy (non-hydrogen) atoms. The zero-order chi connectivity index (χ0) is 31.1. The number of anilines is 2. The molecular formula is C31H32N4O8. The van der Waals surface area contributed by atoms with Gasteiger partial charge in [-0.25, -0.2) is 9.59 Å². The highest BCUT2D eigenvalue weighted by Crippen LogP contribution is 2.36. The highest BCUT2D eigenvalue weighted by Gasteiger charge is 2.30. The molecule has 1 unspecified atom stereocenters. The minimum atomic E-state index is -1.77. The number of nitrogens with zero attached hydrogens (tertiary/aromatic N) is 2. The third-order valence-corrected chi connectivity index (χ3v) is 7.19. The van der Waals surface area contributed by atoms with Crippen molar-refractivity contribution in [2.45, 2.75) is 38.6 Å². The van der Waals surface area contributed by atoms with Gasteiger partial charge >= 0.3 is 17.8 Å². The van der Waals surface area contributed by atoms with Crippen molar-refractivity contribution in [3.05, 3.63) is 71.8 Å². The second-order valence-electron chi connectivity index (χ2n) is 10.1. The second kappa shape index (κ2) is 13.6. The van der Waals surface area contributed by atoms with Crippen LogP contribution in [0.4, 0.5) is 11.4 Å². The maximum absolute atomic E-state index is 13.1. The van der Waals surface area contributed by atoms with Crippen LogP contribution in [0, 0.1) is 0 Å². The lowest BCUT2D eigenvalue weighted by Crippen LogP contribution is -2.47. The molecule has 1 aliphatic heterocycles. The molecule has 4 N–H and O–H groups in total. The lowest BCUT2D eigenvalue weighted by molar-refractivity contribution is -0.148. The number of hydrogen-bond acceptors (Lipinski definition) is 6. The summed E-state index contributed by atoms with van der Waals surface area (Å²) in [6.07, 6.45) is 2.01. The van der Waals surface area contributed by atoms with Crippen LogP contribution in [0.2, 0.25) is 0 Å². The molecule has 12 heteroatoms. The zero-order valence-corrected chi connectivity index (χ0v) is 23.5. The Bertz CT molecular complexity index is 1590. The lowest BCUT2D eigenvalue weighted by atomic mass is 9.96. The van der Waals surface area contributed by atoms with E-state index in [9.17, 15) is 39.0 Å². The smallest absolute Gasteiger partial charge is 0.395 e. The first-order valence-electron chi connectivity index (χ1n) is 13.8. The summed E-state index contributed by atoms with van der Waals surface area (Å²) in [6.45, 7) is 2.86. The summed E-state index contributed by atoms with van der Waals surface area (Å²) in [5.74, 6) is -5.17. The fourth-order valence-corrected chi connectivity index (χ4v) is 5.23. The number of carboxylic acid groups (broad SMARTS) is 2. The summed E-state index contributed by atoms with van der Waals surface area (Å²) in [5.41, 5.74) is 0.385. The number of para-hydroxylation sites is 1. The van der Waals surface area contributed by atoms with Gasteiger partial charge in [-0.3, -0.25) is 24.1 Å². The van der Waals surface area contributed by atoms with Gasteiger partial charge in [0.15, 0.2) is 0 Å². The number of carbonyl (C=O) groups excluding carboxylic acids is 4. The number of nitrogens with one attached hydrogen (secondary N) is 2. The van der Waals surface area contributed by atoms with Crippen molar-refractivity contribution in [3.8, 4) is 0 Å². The quantitative estimate of drug-likeness (QED) is 0.195. The van der Waals surface area contributed by atoms with Gasteiger partial charge in [-0.1, -0.05) is 42.5 Å². The van der Waals surface area contributed by atoms with E-state index < -0.39 is 35.7 Å². The normalized spacial score (nSPS) is 13.4. The maximum atomic E-state index is 13.1. The Hall–Kier alpha value is -5.26. The highest BCUT2D eigenvalue weighted by atomic mass is 16.4. The molecule has 0 radical (unpaired) electrons. The molecule has 4 rings (SSSR count). The Kier molecular flexibility index (Phi) is 9.71. The van der Waals surface area contributed by atoms with E-state index >= 15 is 0 Å². The van der Waals surface area contributed by atoms with Crippen LogP contribution in [-0.4, -0.2) is 76.4 Å². The number of benzene rings is 3. The van der Waals surface area contributed by atoms with Crippen molar-refractivity contribution in [2.24, 2.45) is 0 Å². The molecule has 4 amide bonds. The van der Waals surface area contributed by atoms with Crippen LogP contribution < -0.4 is 15.5 Å². The fourth-order valence-electron chi connectivity index (χ4n) is 5.23. The van der Waals surface area contributed by atoms with Crippen LogP contribution in [0.3, 0.4) is 0 Å². The van der Waals surface area contributed by atoms with Crippen LogP contribution in [0.15, 0.2) is 60.7 Å². The van der Waals surface area contributed by atoms with Crippen molar-refractivity contribution in [1.29, 1.82) is 0 Å². The van der Waals surface area contributed by atoms with Crippen LogP contribution in [0.25, 0.3) is 10.8 Å². The largest absolute Gasteiger partial charge is 0.478 e. The molecule has 0 bridgehead atoms. The summed E-state index contributed by atoms with van der Waals surface area (Å²) in [4.78, 5) is 76.3. The van der Waals surface area contributed by atoms with Crippen molar-refractivity contribution >= 4 is 57.7 Å². The Labute approximate surface area is 247 Å². The van der Waals surface area contributed by atoms with Gasteiger partial charge in [0, 0.05) is 44.8 Å². The molecule has 1 saturated heterocycles. The predicted molar refractivity (Wildman–Crippen MR) is 157 cm³/mol. The number of rotatable bonds is 11. The summed E-state index contributed by atoms with van der Waals surface area (Å²) in [7, 11) is 0. The number of carboxylic acids is 2. The van der Waals surface area contributed by atoms with Crippen molar-refractivity contribution in [1.82, 2.24) is 15.5 Å². The number of fused-ring (bicyclic) bond motifs is 1. The molecule has 0 spiro atoms. The summed E-state index contributed by atoms with van der Waals surface area (Å²) >= 11 is 0. The Morgan fingerprint density at radius 2 is 1.63 bits per heavy atom. The molecule has 0 aromatic heterocycles.